The number of nitrogens with zero attached hydrogens (tertiary/aromatic N) is 1. The van der Waals surface area contributed by atoms with Gasteiger partial charge in [-0.15, -0.1) is 0 Å². The molecule has 9 aromatic rings. The van der Waals surface area contributed by atoms with E-state index >= 15 is 0 Å². The number of para-hydroxylation sites is 1. The smallest absolute Gasteiger partial charge is 0.136 e. The van der Waals surface area contributed by atoms with Crippen LogP contribution in [0.2, 0.25) is 0 Å². The zero-order valence-corrected chi connectivity index (χ0v) is 24.4. The van der Waals surface area contributed by atoms with Gasteiger partial charge in [0.2, 0.25) is 0 Å². The van der Waals surface area contributed by atoms with Crippen LogP contribution in [0.5, 0.6) is 0 Å². The maximum atomic E-state index is 6.44. The molecule has 9 rings (SSSR count). The van der Waals surface area contributed by atoms with Crippen molar-refractivity contribution < 1.29 is 8.83 Å². The summed E-state index contributed by atoms with van der Waals surface area (Å²) in [5.74, 6) is 0. The first-order chi connectivity index (χ1) is 22.3. The highest BCUT2D eigenvalue weighted by atomic mass is 16.3. The van der Waals surface area contributed by atoms with Gasteiger partial charge in [0.05, 0.1) is 0 Å². The predicted molar refractivity (Wildman–Crippen MR) is 187 cm³/mol. The zero-order valence-electron chi connectivity index (χ0n) is 24.4. The lowest BCUT2D eigenvalue weighted by atomic mass is 10.0. The molecule has 0 atom stereocenters. The Morgan fingerprint density at radius 2 is 0.711 bits per heavy atom. The Kier molecular flexibility index (Phi) is 5.82. The molecule has 0 radical (unpaired) electrons. The second kappa shape index (κ2) is 10.3. The third kappa shape index (κ3) is 4.37. The van der Waals surface area contributed by atoms with Gasteiger partial charge in [-0.2, -0.15) is 0 Å². The Morgan fingerprint density at radius 3 is 1.33 bits per heavy atom. The molecule has 45 heavy (non-hydrogen) atoms. The monoisotopic (exact) mass is 577 g/mol. The first kappa shape index (κ1) is 25.4. The van der Waals surface area contributed by atoms with Crippen LogP contribution in [0.1, 0.15) is 0 Å². The first-order valence-corrected chi connectivity index (χ1v) is 15.2. The summed E-state index contributed by atoms with van der Waals surface area (Å²) in [6, 6.07) is 57.3. The van der Waals surface area contributed by atoms with Gasteiger partial charge in [0.1, 0.15) is 22.3 Å². The van der Waals surface area contributed by atoms with Gasteiger partial charge in [-0.25, -0.2) is 0 Å². The molecule has 2 aromatic heterocycles. The van der Waals surface area contributed by atoms with E-state index in [0.29, 0.717) is 0 Å². The minimum Gasteiger partial charge on any atom is -0.456 e. The lowest BCUT2D eigenvalue weighted by Gasteiger charge is -2.25. The largest absolute Gasteiger partial charge is 0.456 e. The SMILES string of the molecule is c1ccc(-c2ccc(N(c3ccccc3)c3ccc4oc5cc6c(cc5c4c3)oc3ccc(-c4ccccc4)cc36)cc2)cc1. The molecule has 3 heteroatoms. The Bertz CT molecular complexity index is 2460. The molecular formula is C42H27NO2. The molecule has 0 saturated heterocycles. The van der Waals surface area contributed by atoms with Gasteiger partial charge in [-0.3, -0.25) is 0 Å². The van der Waals surface area contributed by atoms with Crippen molar-refractivity contribution in [2.24, 2.45) is 0 Å². The summed E-state index contributed by atoms with van der Waals surface area (Å²) >= 11 is 0. The predicted octanol–water partition coefficient (Wildman–Crippen LogP) is 12.3. The second-order valence-corrected chi connectivity index (χ2v) is 11.4. The van der Waals surface area contributed by atoms with Gasteiger partial charge in [0, 0.05) is 38.6 Å². The van der Waals surface area contributed by atoms with E-state index in [4.69, 9.17) is 8.83 Å². The lowest BCUT2D eigenvalue weighted by Crippen LogP contribution is -2.09. The van der Waals surface area contributed by atoms with Crippen molar-refractivity contribution in [1.29, 1.82) is 0 Å². The molecule has 7 aromatic carbocycles. The van der Waals surface area contributed by atoms with E-state index in [2.05, 4.69) is 150 Å². The molecule has 0 unspecified atom stereocenters. The van der Waals surface area contributed by atoms with Gasteiger partial charge in [-0.1, -0.05) is 97.1 Å². The highest BCUT2D eigenvalue weighted by molar-refractivity contribution is 6.15. The van der Waals surface area contributed by atoms with Gasteiger partial charge in [0.15, 0.2) is 0 Å². The molecule has 0 saturated carbocycles. The van der Waals surface area contributed by atoms with Crippen LogP contribution >= 0.6 is 0 Å². The van der Waals surface area contributed by atoms with Crippen molar-refractivity contribution in [2.45, 2.75) is 0 Å². The quantitative estimate of drug-likeness (QED) is 0.204. The third-order valence-corrected chi connectivity index (χ3v) is 8.66. The van der Waals surface area contributed by atoms with E-state index in [-0.39, 0.29) is 0 Å². The van der Waals surface area contributed by atoms with Crippen LogP contribution in [0.25, 0.3) is 66.1 Å². The van der Waals surface area contributed by atoms with Crippen molar-refractivity contribution in [1.82, 2.24) is 0 Å². The number of benzene rings is 7. The van der Waals surface area contributed by atoms with Crippen molar-refractivity contribution in [2.75, 3.05) is 4.90 Å². The van der Waals surface area contributed by atoms with E-state index in [1.54, 1.807) is 0 Å². The summed E-state index contributed by atoms with van der Waals surface area (Å²) in [7, 11) is 0. The summed E-state index contributed by atoms with van der Waals surface area (Å²) in [4.78, 5) is 2.29. The molecule has 0 aliphatic rings. The van der Waals surface area contributed by atoms with E-state index in [1.807, 2.05) is 18.2 Å². The van der Waals surface area contributed by atoms with E-state index in [1.165, 1.54) is 16.7 Å². The summed E-state index contributed by atoms with van der Waals surface area (Å²) in [6.07, 6.45) is 0. The molecular weight excluding hydrogens is 550 g/mol. The maximum absolute atomic E-state index is 6.44. The maximum Gasteiger partial charge on any atom is 0.136 e. The molecule has 2 heterocycles. The molecule has 3 nitrogen and oxygen atoms in total. The standard InChI is InChI=1S/C42H27NO2/c1-4-10-28(11-5-1)30-16-19-33(20-17-30)43(32-14-8-3-9-15-32)34-21-23-40-36(25-34)38-27-41-37(26-42(38)45-40)35-24-31(18-22-39(35)44-41)29-12-6-2-7-13-29/h1-27H. The van der Waals surface area contributed by atoms with Crippen LogP contribution in [0.4, 0.5) is 17.1 Å². The highest BCUT2D eigenvalue weighted by Gasteiger charge is 2.18. The molecule has 0 fully saturated rings. The molecule has 0 spiro atoms. The van der Waals surface area contributed by atoms with Gasteiger partial charge >= 0.3 is 0 Å². The van der Waals surface area contributed by atoms with E-state index < -0.39 is 0 Å². The first-order valence-electron chi connectivity index (χ1n) is 15.2. The summed E-state index contributed by atoms with van der Waals surface area (Å²) in [5, 5.41) is 4.23. The van der Waals surface area contributed by atoms with Crippen molar-refractivity contribution in [3.05, 3.63) is 164 Å². The molecule has 0 aliphatic carbocycles. The zero-order chi connectivity index (χ0) is 29.7. The highest BCUT2D eigenvalue weighted by Crippen LogP contribution is 2.41. The summed E-state index contributed by atoms with van der Waals surface area (Å²) in [5.41, 5.74) is 11.4. The fourth-order valence-corrected chi connectivity index (χ4v) is 6.44. The van der Waals surface area contributed by atoms with Crippen LogP contribution in [0.15, 0.2) is 173 Å². The van der Waals surface area contributed by atoms with Crippen molar-refractivity contribution in [3.8, 4) is 22.3 Å². The topological polar surface area (TPSA) is 29.5 Å². The summed E-state index contributed by atoms with van der Waals surface area (Å²) in [6.45, 7) is 0. The minimum absolute atomic E-state index is 0.848. The Morgan fingerprint density at radius 1 is 0.289 bits per heavy atom. The number of fused-ring (bicyclic) bond motifs is 6. The molecule has 0 bridgehead atoms. The third-order valence-electron chi connectivity index (χ3n) is 8.66. The average Bonchev–Trinajstić information content (AvgIpc) is 3.65. The van der Waals surface area contributed by atoms with Crippen molar-refractivity contribution in [3.63, 3.8) is 0 Å². The van der Waals surface area contributed by atoms with E-state index in [9.17, 15) is 0 Å². The number of hydrogen-bond acceptors (Lipinski definition) is 3. The fraction of sp³-hybridized carbons (Fsp3) is 0. The Balaban J connectivity index is 1.17. The lowest BCUT2D eigenvalue weighted by molar-refractivity contribution is 0.664. The normalized spacial score (nSPS) is 11.6. The summed E-state index contributed by atoms with van der Waals surface area (Å²) < 4.78 is 12.8. The average molecular weight is 578 g/mol. The van der Waals surface area contributed by atoms with Crippen LogP contribution in [-0.2, 0) is 0 Å². The molecule has 212 valence electrons. The van der Waals surface area contributed by atoms with Crippen LogP contribution in [-0.4, -0.2) is 0 Å². The van der Waals surface area contributed by atoms with Crippen molar-refractivity contribution >= 4 is 60.9 Å². The van der Waals surface area contributed by atoms with Crippen LogP contribution in [0.3, 0.4) is 0 Å². The number of rotatable bonds is 5. The van der Waals surface area contributed by atoms with E-state index in [0.717, 1.165) is 66.5 Å². The Labute approximate surface area is 260 Å². The number of furan rings is 2. The van der Waals surface area contributed by atoms with Gasteiger partial charge < -0.3 is 13.7 Å². The van der Waals surface area contributed by atoms with Gasteiger partial charge in [-0.05, 0) is 89.0 Å². The number of hydrogen-bond donors (Lipinski definition) is 0. The van der Waals surface area contributed by atoms with Gasteiger partial charge in [0.25, 0.3) is 0 Å². The number of anilines is 3. The van der Waals surface area contributed by atoms with Crippen LogP contribution < -0.4 is 4.90 Å². The minimum atomic E-state index is 0.848. The van der Waals surface area contributed by atoms with Crippen LogP contribution in [0, 0.1) is 0 Å². The molecule has 0 amide bonds. The Hall–Kier alpha value is -6.06. The second-order valence-electron chi connectivity index (χ2n) is 11.4. The molecule has 0 N–H and O–H groups in total. The molecule has 0 aliphatic heterocycles. The fourth-order valence-electron chi connectivity index (χ4n) is 6.44.